The van der Waals surface area contributed by atoms with E-state index in [1.54, 1.807) is 6.20 Å². The van der Waals surface area contributed by atoms with Crippen molar-refractivity contribution in [3.8, 4) is 22.6 Å². The van der Waals surface area contributed by atoms with E-state index in [1.165, 1.54) is 0 Å². The van der Waals surface area contributed by atoms with Gasteiger partial charge in [-0.05, 0) is 40.1 Å². The third-order valence-electron chi connectivity index (χ3n) is 5.96. The smallest absolute Gasteiger partial charge is 0.262 e. The molecule has 0 unspecified atom stereocenters. The standard InChI is InChI=1S/C27H22N4O3/c32-26-24-21(20-8-3-6-18-5-1-2-7-19(18)20)11-12-28-25(24)30-27(31-26)29-16-17-9-10-22-23(15-17)34-14-4-13-33-22/h1-3,5-12,15H,4,13-14,16H2,(H2,28,29,30,31,32). The highest BCUT2D eigenvalue weighted by Crippen LogP contribution is 2.32. The van der Waals surface area contributed by atoms with E-state index < -0.39 is 0 Å². The summed E-state index contributed by atoms with van der Waals surface area (Å²) in [5.41, 5.74) is 2.94. The van der Waals surface area contributed by atoms with Crippen molar-refractivity contribution in [3.05, 3.63) is 88.8 Å². The number of rotatable bonds is 4. The molecular weight excluding hydrogens is 428 g/mol. The number of nitrogens with one attached hydrogen (secondary N) is 2. The Balaban J connectivity index is 1.34. The second-order valence-electron chi connectivity index (χ2n) is 8.18. The SMILES string of the molecule is O=c1[nH]c(NCc2ccc3c(c2)OCCCO3)nc2nccc(-c3cccc4ccccc34)c12. The van der Waals surface area contributed by atoms with E-state index in [2.05, 4.69) is 38.5 Å². The monoisotopic (exact) mass is 450 g/mol. The van der Waals surface area contributed by atoms with Gasteiger partial charge in [0.05, 0.1) is 18.6 Å². The van der Waals surface area contributed by atoms with Crippen molar-refractivity contribution in [1.29, 1.82) is 0 Å². The summed E-state index contributed by atoms with van der Waals surface area (Å²) in [5, 5.41) is 5.87. The molecule has 1 aliphatic heterocycles. The lowest BCUT2D eigenvalue weighted by Crippen LogP contribution is -2.14. The molecule has 3 heterocycles. The minimum absolute atomic E-state index is 0.234. The van der Waals surface area contributed by atoms with Crippen molar-refractivity contribution in [2.24, 2.45) is 0 Å². The highest BCUT2D eigenvalue weighted by atomic mass is 16.5. The zero-order valence-electron chi connectivity index (χ0n) is 18.4. The van der Waals surface area contributed by atoms with Gasteiger partial charge in [-0.25, -0.2) is 4.98 Å². The predicted molar refractivity (Wildman–Crippen MR) is 132 cm³/mol. The summed E-state index contributed by atoms with van der Waals surface area (Å²) < 4.78 is 11.5. The number of pyridine rings is 1. The first kappa shape index (κ1) is 20.2. The number of hydrogen-bond acceptors (Lipinski definition) is 6. The van der Waals surface area contributed by atoms with Crippen LogP contribution in [-0.4, -0.2) is 28.2 Å². The number of benzene rings is 3. The van der Waals surface area contributed by atoms with Crippen molar-refractivity contribution in [2.45, 2.75) is 13.0 Å². The minimum atomic E-state index is -0.234. The van der Waals surface area contributed by atoms with Gasteiger partial charge in [-0.15, -0.1) is 0 Å². The zero-order valence-corrected chi connectivity index (χ0v) is 18.4. The molecule has 5 aromatic rings. The fourth-order valence-corrected chi connectivity index (χ4v) is 4.34. The van der Waals surface area contributed by atoms with Gasteiger partial charge >= 0.3 is 0 Å². The molecule has 1 aliphatic rings. The Morgan fingerprint density at radius 3 is 2.71 bits per heavy atom. The fraction of sp³-hybridized carbons (Fsp3) is 0.148. The van der Waals surface area contributed by atoms with Crippen LogP contribution < -0.4 is 20.3 Å². The number of aromatic amines is 1. The molecule has 168 valence electrons. The number of fused-ring (bicyclic) bond motifs is 3. The molecule has 0 amide bonds. The zero-order chi connectivity index (χ0) is 22.9. The van der Waals surface area contributed by atoms with E-state index in [0.717, 1.165) is 45.4 Å². The minimum Gasteiger partial charge on any atom is -0.490 e. The molecule has 2 aromatic heterocycles. The second-order valence-corrected chi connectivity index (χ2v) is 8.18. The van der Waals surface area contributed by atoms with Gasteiger partial charge in [0.15, 0.2) is 17.1 Å². The average Bonchev–Trinajstić information content (AvgIpc) is 3.12. The summed E-state index contributed by atoms with van der Waals surface area (Å²) in [6.45, 7) is 1.75. The van der Waals surface area contributed by atoms with Crippen molar-refractivity contribution >= 4 is 27.8 Å². The second kappa shape index (κ2) is 8.51. The quantitative estimate of drug-likeness (QED) is 0.404. The normalized spacial score (nSPS) is 13.1. The van der Waals surface area contributed by atoms with Gasteiger partial charge in [-0.3, -0.25) is 9.78 Å². The van der Waals surface area contributed by atoms with Crippen LogP contribution in [-0.2, 0) is 6.54 Å². The van der Waals surface area contributed by atoms with Crippen LogP contribution in [0.15, 0.2) is 77.7 Å². The lowest BCUT2D eigenvalue weighted by atomic mass is 9.97. The highest BCUT2D eigenvalue weighted by Gasteiger charge is 2.14. The van der Waals surface area contributed by atoms with Crippen LogP contribution in [0, 0.1) is 0 Å². The molecule has 0 bridgehead atoms. The van der Waals surface area contributed by atoms with E-state index in [1.807, 2.05) is 48.5 Å². The van der Waals surface area contributed by atoms with Crippen LogP contribution >= 0.6 is 0 Å². The van der Waals surface area contributed by atoms with Crippen LogP contribution in [0.1, 0.15) is 12.0 Å². The van der Waals surface area contributed by atoms with Crippen molar-refractivity contribution in [1.82, 2.24) is 15.0 Å². The molecule has 0 saturated heterocycles. The molecule has 2 N–H and O–H groups in total. The molecule has 6 rings (SSSR count). The van der Waals surface area contributed by atoms with Gasteiger partial charge in [-0.2, -0.15) is 4.98 Å². The number of hydrogen-bond donors (Lipinski definition) is 2. The maximum Gasteiger partial charge on any atom is 0.262 e. The molecule has 3 aromatic carbocycles. The van der Waals surface area contributed by atoms with Crippen molar-refractivity contribution in [3.63, 3.8) is 0 Å². The fourth-order valence-electron chi connectivity index (χ4n) is 4.34. The molecule has 7 heteroatoms. The molecule has 0 radical (unpaired) electrons. The van der Waals surface area contributed by atoms with Crippen LogP contribution in [0.3, 0.4) is 0 Å². The van der Waals surface area contributed by atoms with Gasteiger partial charge in [0, 0.05) is 24.7 Å². The Morgan fingerprint density at radius 1 is 0.912 bits per heavy atom. The third-order valence-corrected chi connectivity index (χ3v) is 5.96. The first-order valence-corrected chi connectivity index (χ1v) is 11.3. The predicted octanol–water partition coefficient (Wildman–Crippen LogP) is 4.91. The Labute approximate surface area is 195 Å². The summed E-state index contributed by atoms with van der Waals surface area (Å²) in [4.78, 5) is 25.0. The first-order chi connectivity index (χ1) is 16.8. The molecule has 0 saturated carbocycles. The van der Waals surface area contributed by atoms with Gasteiger partial charge in [0.2, 0.25) is 5.95 Å². The summed E-state index contributed by atoms with van der Waals surface area (Å²) in [7, 11) is 0. The molecule has 0 aliphatic carbocycles. The van der Waals surface area contributed by atoms with Crippen LogP contribution in [0.25, 0.3) is 32.9 Å². The summed E-state index contributed by atoms with van der Waals surface area (Å²) >= 11 is 0. The maximum atomic E-state index is 13.2. The van der Waals surface area contributed by atoms with Crippen LogP contribution in [0.2, 0.25) is 0 Å². The molecule has 0 spiro atoms. The number of nitrogens with zero attached hydrogens (tertiary/aromatic N) is 2. The van der Waals surface area contributed by atoms with Gasteiger partial charge in [-0.1, -0.05) is 48.5 Å². The number of anilines is 1. The lowest BCUT2D eigenvalue weighted by molar-refractivity contribution is 0.297. The average molecular weight is 450 g/mol. The van der Waals surface area contributed by atoms with Crippen LogP contribution in [0.4, 0.5) is 5.95 Å². The first-order valence-electron chi connectivity index (χ1n) is 11.3. The summed E-state index contributed by atoms with van der Waals surface area (Å²) in [6.07, 6.45) is 2.55. The van der Waals surface area contributed by atoms with E-state index in [9.17, 15) is 4.79 Å². The molecular formula is C27H22N4O3. The Morgan fingerprint density at radius 2 is 1.76 bits per heavy atom. The van der Waals surface area contributed by atoms with E-state index in [0.29, 0.717) is 36.7 Å². The van der Waals surface area contributed by atoms with Crippen molar-refractivity contribution in [2.75, 3.05) is 18.5 Å². The summed E-state index contributed by atoms with van der Waals surface area (Å²) in [6, 6.07) is 21.9. The lowest BCUT2D eigenvalue weighted by Gasteiger charge is -2.12. The Bertz CT molecular complexity index is 1570. The van der Waals surface area contributed by atoms with Gasteiger partial charge in [0.1, 0.15) is 0 Å². The highest BCUT2D eigenvalue weighted by molar-refractivity contribution is 6.03. The van der Waals surface area contributed by atoms with E-state index in [-0.39, 0.29) is 5.56 Å². The van der Waals surface area contributed by atoms with Gasteiger partial charge < -0.3 is 14.8 Å². The molecule has 0 fully saturated rings. The van der Waals surface area contributed by atoms with E-state index >= 15 is 0 Å². The number of H-pyrrole nitrogens is 1. The molecule has 7 nitrogen and oxygen atoms in total. The Hall–Kier alpha value is -4.39. The number of aromatic nitrogens is 3. The Kier molecular flexibility index (Phi) is 5.07. The molecule has 0 atom stereocenters. The van der Waals surface area contributed by atoms with Crippen LogP contribution in [0.5, 0.6) is 11.5 Å². The number of ether oxygens (including phenoxy) is 2. The molecule has 34 heavy (non-hydrogen) atoms. The van der Waals surface area contributed by atoms with E-state index in [4.69, 9.17) is 9.47 Å². The van der Waals surface area contributed by atoms with Crippen molar-refractivity contribution < 1.29 is 9.47 Å². The van der Waals surface area contributed by atoms with Gasteiger partial charge in [0.25, 0.3) is 5.56 Å². The topological polar surface area (TPSA) is 89.1 Å². The largest absolute Gasteiger partial charge is 0.490 e. The maximum absolute atomic E-state index is 13.2. The summed E-state index contributed by atoms with van der Waals surface area (Å²) in [5.74, 6) is 1.86. The third kappa shape index (κ3) is 3.71.